The van der Waals surface area contributed by atoms with Gasteiger partial charge in [0.1, 0.15) is 30.5 Å². The normalized spacial score (nSPS) is 14.1. The fourth-order valence-electron chi connectivity index (χ4n) is 3.44. The van der Waals surface area contributed by atoms with Gasteiger partial charge in [-0.2, -0.15) is 0 Å². The molecule has 190 valence electrons. The van der Waals surface area contributed by atoms with Crippen LogP contribution in [0.3, 0.4) is 0 Å². The molecule has 3 aromatic carbocycles. The molecule has 0 radical (unpaired) electrons. The maximum atomic E-state index is 13.8. The second-order valence-electron chi connectivity index (χ2n) is 7.85. The van der Waals surface area contributed by atoms with Crippen molar-refractivity contribution in [2.24, 2.45) is 0 Å². The maximum absolute atomic E-state index is 13.8. The maximum Gasteiger partial charge on any atom is 0.329 e. The molecule has 37 heavy (non-hydrogen) atoms. The van der Waals surface area contributed by atoms with Gasteiger partial charge in [0.05, 0.1) is 12.8 Å². The Morgan fingerprint density at radius 2 is 1.81 bits per heavy atom. The quantitative estimate of drug-likeness (QED) is 0.298. The number of imide groups is 1. The van der Waals surface area contributed by atoms with Crippen LogP contribution in [0.15, 0.2) is 70.8 Å². The fourth-order valence-corrected chi connectivity index (χ4v) is 3.88. The summed E-state index contributed by atoms with van der Waals surface area (Å²) in [4.78, 5) is 38.2. The lowest BCUT2D eigenvalue weighted by Crippen LogP contribution is -2.38. The number of hydrogen-bond donors (Lipinski definition) is 2. The Hall–Kier alpha value is -4.25. The molecule has 0 saturated carbocycles. The van der Waals surface area contributed by atoms with Gasteiger partial charge >= 0.3 is 6.03 Å². The van der Waals surface area contributed by atoms with Crippen LogP contribution in [0, 0.1) is 11.6 Å². The molecule has 1 aliphatic heterocycles. The molecule has 1 saturated heterocycles. The number of halogens is 3. The zero-order valence-electron chi connectivity index (χ0n) is 19.4. The predicted octanol–water partition coefficient (Wildman–Crippen LogP) is 4.85. The Bertz CT molecular complexity index is 1400. The summed E-state index contributed by atoms with van der Waals surface area (Å²) in [6, 6.07) is 13.9. The Morgan fingerprint density at radius 1 is 1.08 bits per heavy atom. The monoisotopic (exact) mass is 571 g/mol. The molecule has 0 spiro atoms. The number of nitrogens with zero attached hydrogens (tertiary/aromatic N) is 1. The van der Waals surface area contributed by atoms with E-state index in [1.807, 2.05) is 0 Å². The van der Waals surface area contributed by atoms with Crippen molar-refractivity contribution in [3.63, 3.8) is 0 Å². The largest absolute Gasteiger partial charge is 0.493 e. The van der Waals surface area contributed by atoms with Gasteiger partial charge in [-0.05, 0) is 53.6 Å². The SMILES string of the molecule is COc1cc(/C=C2/NC(=O)N(CC(=O)Nc3ccccc3F)C2=O)c(Br)cc1OCc1ccc(F)cc1. The molecule has 0 bridgehead atoms. The van der Waals surface area contributed by atoms with Gasteiger partial charge in [-0.3, -0.25) is 9.59 Å². The molecule has 1 aliphatic rings. The van der Waals surface area contributed by atoms with Crippen LogP contribution in [-0.4, -0.2) is 36.4 Å². The number of carbonyl (C=O) groups excluding carboxylic acids is 3. The molecule has 11 heteroatoms. The van der Waals surface area contributed by atoms with Gasteiger partial charge in [0.25, 0.3) is 5.91 Å². The third-order valence-electron chi connectivity index (χ3n) is 5.30. The zero-order valence-corrected chi connectivity index (χ0v) is 21.0. The van der Waals surface area contributed by atoms with Crippen LogP contribution < -0.4 is 20.1 Å². The third-order valence-corrected chi connectivity index (χ3v) is 5.99. The lowest BCUT2D eigenvalue weighted by Gasteiger charge is -2.13. The molecule has 0 aromatic heterocycles. The highest BCUT2D eigenvalue weighted by Crippen LogP contribution is 2.35. The summed E-state index contributed by atoms with van der Waals surface area (Å²) in [5.41, 5.74) is 1.12. The van der Waals surface area contributed by atoms with E-state index in [2.05, 4.69) is 26.6 Å². The first kappa shape index (κ1) is 25.8. The molecule has 8 nitrogen and oxygen atoms in total. The Balaban J connectivity index is 1.47. The Morgan fingerprint density at radius 3 is 2.51 bits per heavy atom. The molecule has 0 aliphatic carbocycles. The van der Waals surface area contributed by atoms with E-state index in [4.69, 9.17) is 9.47 Å². The van der Waals surface area contributed by atoms with Crippen molar-refractivity contribution in [3.05, 3.63) is 93.6 Å². The van der Waals surface area contributed by atoms with E-state index in [-0.39, 0.29) is 23.8 Å². The number of amides is 4. The van der Waals surface area contributed by atoms with Crippen LogP contribution in [0.1, 0.15) is 11.1 Å². The molecule has 2 N–H and O–H groups in total. The van der Waals surface area contributed by atoms with Crippen molar-refractivity contribution in [1.82, 2.24) is 10.2 Å². The van der Waals surface area contributed by atoms with Gasteiger partial charge in [-0.25, -0.2) is 18.5 Å². The van der Waals surface area contributed by atoms with Crippen molar-refractivity contribution >= 4 is 45.5 Å². The highest BCUT2D eigenvalue weighted by Gasteiger charge is 2.35. The van der Waals surface area contributed by atoms with E-state index < -0.39 is 30.2 Å². The van der Waals surface area contributed by atoms with Crippen molar-refractivity contribution in [3.8, 4) is 11.5 Å². The Kier molecular flexibility index (Phi) is 7.83. The number of carbonyl (C=O) groups is 3. The smallest absolute Gasteiger partial charge is 0.329 e. The molecule has 1 fully saturated rings. The first-order valence-electron chi connectivity index (χ1n) is 10.9. The van der Waals surface area contributed by atoms with Crippen LogP contribution >= 0.6 is 15.9 Å². The lowest BCUT2D eigenvalue weighted by molar-refractivity contribution is -0.127. The highest BCUT2D eigenvalue weighted by molar-refractivity contribution is 9.10. The van der Waals surface area contributed by atoms with Gasteiger partial charge in [0, 0.05) is 4.47 Å². The number of ether oxygens (including phenoxy) is 2. The van der Waals surface area contributed by atoms with Crippen molar-refractivity contribution < 1.29 is 32.6 Å². The van der Waals surface area contributed by atoms with Crippen LogP contribution in [0.5, 0.6) is 11.5 Å². The molecule has 0 unspecified atom stereocenters. The number of hydrogen-bond acceptors (Lipinski definition) is 5. The second-order valence-corrected chi connectivity index (χ2v) is 8.70. The summed E-state index contributed by atoms with van der Waals surface area (Å²) in [6.45, 7) is -0.432. The van der Waals surface area contributed by atoms with E-state index in [1.54, 1.807) is 30.3 Å². The van der Waals surface area contributed by atoms with E-state index >= 15 is 0 Å². The zero-order chi connectivity index (χ0) is 26.5. The number of urea groups is 1. The summed E-state index contributed by atoms with van der Waals surface area (Å²) < 4.78 is 38.6. The minimum Gasteiger partial charge on any atom is -0.493 e. The fraction of sp³-hybridized carbons (Fsp3) is 0.115. The van der Waals surface area contributed by atoms with Crippen molar-refractivity contribution in [2.75, 3.05) is 19.0 Å². The van der Waals surface area contributed by atoms with E-state index in [0.29, 0.717) is 26.4 Å². The summed E-state index contributed by atoms with van der Waals surface area (Å²) in [5, 5.41) is 4.77. The average molecular weight is 572 g/mol. The molecule has 1 heterocycles. The topological polar surface area (TPSA) is 97.0 Å². The lowest BCUT2D eigenvalue weighted by atomic mass is 10.1. The number of para-hydroxylation sites is 1. The van der Waals surface area contributed by atoms with E-state index in [9.17, 15) is 23.2 Å². The van der Waals surface area contributed by atoms with Crippen LogP contribution in [0.25, 0.3) is 6.08 Å². The number of anilines is 1. The van der Waals surface area contributed by atoms with Crippen LogP contribution in [0.4, 0.5) is 19.3 Å². The van der Waals surface area contributed by atoms with Crippen LogP contribution in [0.2, 0.25) is 0 Å². The van der Waals surface area contributed by atoms with Crippen molar-refractivity contribution in [2.45, 2.75) is 6.61 Å². The van der Waals surface area contributed by atoms with Gasteiger partial charge in [-0.15, -0.1) is 0 Å². The molecule has 3 aromatic rings. The van der Waals surface area contributed by atoms with Gasteiger partial charge < -0.3 is 20.1 Å². The van der Waals surface area contributed by atoms with Crippen molar-refractivity contribution in [1.29, 1.82) is 0 Å². The number of methoxy groups -OCH3 is 1. The van der Waals surface area contributed by atoms with Crippen LogP contribution in [-0.2, 0) is 16.2 Å². The second kappa shape index (κ2) is 11.2. The standard InChI is InChI=1S/C26H20BrF2N3O5/c1-36-22-11-16(18(27)12-23(22)37-14-15-6-8-17(28)9-7-15)10-21-25(34)32(26(35)31-21)13-24(33)30-20-5-3-2-4-19(20)29/h2-12H,13-14H2,1H3,(H,30,33)(H,31,35)/b21-10+. The van der Waals surface area contributed by atoms with E-state index in [0.717, 1.165) is 5.56 Å². The summed E-state index contributed by atoms with van der Waals surface area (Å²) in [6.07, 6.45) is 1.42. The molecule has 0 atom stereocenters. The molecule has 4 rings (SSSR count). The average Bonchev–Trinajstić information content (AvgIpc) is 3.13. The minimum atomic E-state index is -0.790. The highest BCUT2D eigenvalue weighted by atomic mass is 79.9. The Labute approximate surface area is 219 Å². The molecular weight excluding hydrogens is 552 g/mol. The first-order valence-corrected chi connectivity index (χ1v) is 11.7. The minimum absolute atomic E-state index is 0.0620. The van der Waals surface area contributed by atoms with Gasteiger partial charge in [0.2, 0.25) is 5.91 Å². The molecular formula is C26H20BrF2N3O5. The van der Waals surface area contributed by atoms with Gasteiger partial charge in [-0.1, -0.05) is 40.2 Å². The third kappa shape index (κ3) is 6.12. The summed E-state index contributed by atoms with van der Waals surface area (Å²) in [7, 11) is 1.45. The molecule has 4 amide bonds. The number of nitrogens with one attached hydrogen (secondary N) is 2. The summed E-state index contributed by atoms with van der Waals surface area (Å²) in [5.74, 6) is -1.70. The number of rotatable bonds is 8. The first-order chi connectivity index (χ1) is 17.7. The summed E-state index contributed by atoms with van der Waals surface area (Å²) >= 11 is 3.42. The number of benzene rings is 3. The van der Waals surface area contributed by atoms with Gasteiger partial charge in [0.15, 0.2) is 11.5 Å². The predicted molar refractivity (Wildman–Crippen MR) is 135 cm³/mol. The van der Waals surface area contributed by atoms with E-state index in [1.165, 1.54) is 43.5 Å².